The van der Waals surface area contributed by atoms with E-state index in [-0.39, 0.29) is 5.82 Å². The maximum atomic E-state index is 15.1. The summed E-state index contributed by atoms with van der Waals surface area (Å²) in [6.07, 6.45) is 0. The summed E-state index contributed by atoms with van der Waals surface area (Å²) in [6, 6.07) is 6.17. The first-order chi connectivity index (χ1) is 11.5. The molecule has 0 amide bonds. The van der Waals surface area contributed by atoms with Crippen LogP contribution in [0.3, 0.4) is 0 Å². The molecule has 0 radical (unpaired) electrons. The lowest BCUT2D eigenvalue weighted by molar-refractivity contribution is 0.00578. The molecule has 1 saturated heterocycles. The lowest BCUT2D eigenvalue weighted by atomic mass is 9.83. The first kappa shape index (κ1) is 18.0. The Hall–Kier alpha value is -1.79. The molecule has 3 nitrogen and oxygen atoms in total. The maximum absolute atomic E-state index is 15.1. The van der Waals surface area contributed by atoms with Crippen LogP contribution in [0.5, 0.6) is 0 Å². The molecule has 2 aromatic rings. The van der Waals surface area contributed by atoms with E-state index in [9.17, 15) is 4.39 Å². The largest absolute Gasteiger partial charge is 0.525 e. The van der Waals surface area contributed by atoms with Gasteiger partial charge in [-0.05, 0) is 71.2 Å². The molecule has 1 aliphatic rings. The third-order valence-corrected chi connectivity index (χ3v) is 5.09. The number of aryl methyl sites for hydroxylation is 1. The van der Waals surface area contributed by atoms with E-state index in [0.29, 0.717) is 27.7 Å². The predicted octanol–water partition coefficient (Wildman–Crippen LogP) is 5.01. The topological polar surface area (TPSA) is 31.4 Å². The molecule has 1 fully saturated rings. The van der Waals surface area contributed by atoms with Crippen molar-refractivity contribution in [3.05, 3.63) is 47.2 Å². The van der Waals surface area contributed by atoms with Gasteiger partial charge in [-0.15, -0.1) is 0 Å². The van der Waals surface area contributed by atoms with Crippen LogP contribution >= 0.6 is 0 Å². The lowest BCUT2D eigenvalue weighted by Crippen LogP contribution is -2.41. The third-order valence-electron chi connectivity index (χ3n) is 5.09. The van der Waals surface area contributed by atoms with Gasteiger partial charge in [0.05, 0.1) is 16.9 Å². The summed E-state index contributed by atoms with van der Waals surface area (Å²) in [5, 5.41) is 1.37. The first-order valence-corrected chi connectivity index (χ1v) is 8.31. The van der Waals surface area contributed by atoms with Gasteiger partial charge in [-0.2, -0.15) is 0 Å². The number of hydrogen-bond donors (Lipinski definition) is 0. The summed E-state index contributed by atoms with van der Waals surface area (Å²) in [4.78, 5) is 4.46. The number of allylic oxidation sites excluding steroid dienone is 1. The highest BCUT2D eigenvalue weighted by Gasteiger charge is 2.53. The third kappa shape index (κ3) is 3.09. The van der Waals surface area contributed by atoms with Crippen LogP contribution < -0.4 is 0 Å². The van der Waals surface area contributed by atoms with Crippen molar-refractivity contribution in [2.45, 2.75) is 52.7 Å². The molecule has 0 N–H and O–H groups in total. The molecular weight excluding hydrogens is 323 g/mol. The number of aromatic nitrogens is 1. The summed E-state index contributed by atoms with van der Waals surface area (Å²) in [6.45, 7) is 10.9. The van der Waals surface area contributed by atoms with Crippen LogP contribution in [-0.4, -0.2) is 23.3 Å². The fraction of sp³-hybridized carbons (Fsp3) is 0.421. The van der Waals surface area contributed by atoms with Gasteiger partial charge < -0.3 is 9.31 Å². The van der Waals surface area contributed by atoms with Crippen molar-refractivity contribution in [3.8, 4) is 0 Å². The SMILES string of the molecule is CC(=C(F)B1OC(C)(C)C(C)(C)O1)c1nc(C)cc2cc(F)ccc12. The van der Waals surface area contributed by atoms with E-state index in [1.807, 2.05) is 27.7 Å². The lowest BCUT2D eigenvalue weighted by Gasteiger charge is -2.32. The Kier molecular flexibility index (Phi) is 4.24. The van der Waals surface area contributed by atoms with E-state index < -0.39 is 24.0 Å². The molecule has 0 bridgehead atoms. The second-order valence-electron chi connectivity index (χ2n) is 7.54. The minimum absolute atomic E-state index is 0.332. The van der Waals surface area contributed by atoms with Crippen molar-refractivity contribution in [2.75, 3.05) is 0 Å². The van der Waals surface area contributed by atoms with E-state index in [2.05, 4.69) is 4.98 Å². The van der Waals surface area contributed by atoms with Crippen LogP contribution in [0.4, 0.5) is 8.78 Å². The number of nitrogens with zero attached hydrogens (tertiary/aromatic N) is 1. The minimum atomic E-state index is -1.08. The van der Waals surface area contributed by atoms with Crippen molar-refractivity contribution in [3.63, 3.8) is 0 Å². The molecule has 0 aliphatic carbocycles. The van der Waals surface area contributed by atoms with Crippen LogP contribution in [0.25, 0.3) is 16.3 Å². The molecule has 0 spiro atoms. The highest BCUT2D eigenvalue weighted by molar-refractivity contribution is 6.55. The molecule has 1 aromatic heterocycles. The number of halogens is 2. The average molecular weight is 345 g/mol. The summed E-state index contributed by atoms with van der Waals surface area (Å²) in [5.74, 6) is -0.336. The van der Waals surface area contributed by atoms with E-state index in [1.54, 1.807) is 26.0 Å². The molecule has 0 unspecified atom stereocenters. The highest BCUT2D eigenvalue weighted by atomic mass is 19.1. The van der Waals surface area contributed by atoms with Crippen molar-refractivity contribution >= 4 is 23.5 Å². The maximum Gasteiger partial charge on any atom is 0.525 e. The van der Waals surface area contributed by atoms with Gasteiger partial charge in [0.25, 0.3) is 0 Å². The Morgan fingerprint density at radius 1 is 1.08 bits per heavy atom. The van der Waals surface area contributed by atoms with Crippen LogP contribution in [0.1, 0.15) is 46.0 Å². The van der Waals surface area contributed by atoms with Crippen LogP contribution in [0, 0.1) is 12.7 Å². The number of rotatable bonds is 2. The van der Waals surface area contributed by atoms with Gasteiger partial charge in [-0.25, -0.2) is 8.78 Å². The van der Waals surface area contributed by atoms with E-state index in [0.717, 1.165) is 0 Å². The number of fused-ring (bicyclic) bond motifs is 1. The van der Waals surface area contributed by atoms with Crippen LogP contribution in [-0.2, 0) is 9.31 Å². The Morgan fingerprint density at radius 2 is 1.68 bits per heavy atom. The molecule has 1 aromatic carbocycles. The van der Waals surface area contributed by atoms with Crippen LogP contribution in [0.15, 0.2) is 30.0 Å². The molecule has 25 heavy (non-hydrogen) atoms. The van der Waals surface area contributed by atoms with Gasteiger partial charge in [-0.3, -0.25) is 4.98 Å². The molecule has 1 aliphatic heterocycles. The Morgan fingerprint density at radius 3 is 2.28 bits per heavy atom. The fourth-order valence-corrected chi connectivity index (χ4v) is 2.88. The first-order valence-electron chi connectivity index (χ1n) is 8.31. The van der Waals surface area contributed by atoms with Gasteiger partial charge in [0.15, 0.2) is 0 Å². The fourth-order valence-electron chi connectivity index (χ4n) is 2.88. The number of pyridine rings is 1. The minimum Gasteiger partial charge on any atom is -0.398 e. The van der Waals surface area contributed by atoms with Crippen molar-refractivity contribution in [2.24, 2.45) is 0 Å². The van der Waals surface area contributed by atoms with Gasteiger partial charge >= 0.3 is 7.12 Å². The molecule has 132 valence electrons. The normalized spacial score (nSPS) is 20.1. The van der Waals surface area contributed by atoms with Gasteiger partial charge in [0.1, 0.15) is 11.5 Å². The monoisotopic (exact) mass is 345 g/mol. The van der Waals surface area contributed by atoms with Crippen LogP contribution in [0.2, 0.25) is 0 Å². The summed E-state index contributed by atoms with van der Waals surface area (Å²) in [5.41, 5.74) is -0.265. The molecule has 3 rings (SSSR count). The molecule has 6 heteroatoms. The van der Waals surface area contributed by atoms with Gasteiger partial charge in [0, 0.05) is 16.7 Å². The standard InChI is InChI=1S/C19H22BF2NO2/c1-11-9-13-10-14(21)7-8-15(13)16(23-11)12(2)17(22)20-24-18(3,4)19(5,6)25-20/h7-10H,1-6H3. The zero-order valence-electron chi connectivity index (χ0n) is 15.4. The van der Waals surface area contributed by atoms with E-state index in [1.165, 1.54) is 12.1 Å². The second-order valence-corrected chi connectivity index (χ2v) is 7.54. The smallest absolute Gasteiger partial charge is 0.398 e. The summed E-state index contributed by atoms with van der Waals surface area (Å²) in [7, 11) is -1.08. The predicted molar refractivity (Wildman–Crippen MR) is 96.2 cm³/mol. The van der Waals surface area contributed by atoms with Crippen molar-refractivity contribution in [1.82, 2.24) is 4.98 Å². The Balaban J connectivity index is 2.10. The Bertz CT molecular complexity index is 856. The van der Waals surface area contributed by atoms with Gasteiger partial charge in [-0.1, -0.05) is 0 Å². The van der Waals surface area contributed by atoms with Crippen molar-refractivity contribution < 1.29 is 18.1 Å². The summed E-state index contributed by atoms with van der Waals surface area (Å²) < 4.78 is 40.2. The highest BCUT2D eigenvalue weighted by Crippen LogP contribution is 2.40. The molecule has 0 saturated carbocycles. The average Bonchev–Trinajstić information content (AvgIpc) is 2.72. The summed E-state index contributed by atoms with van der Waals surface area (Å²) >= 11 is 0. The number of hydrogen-bond acceptors (Lipinski definition) is 3. The second kappa shape index (κ2) is 5.89. The molecule has 2 heterocycles. The number of benzene rings is 1. The quantitative estimate of drug-likeness (QED) is 0.717. The molecule has 0 atom stereocenters. The molecular formula is C19H22BF2NO2. The Labute approximate surface area is 147 Å². The van der Waals surface area contributed by atoms with E-state index >= 15 is 4.39 Å². The zero-order valence-corrected chi connectivity index (χ0v) is 15.4. The van der Waals surface area contributed by atoms with Gasteiger partial charge in [0.2, 0.25) is 0 Å². The zero-order chi connectivity index (χ0) is 18.6. The van der Waals surface area contributed by atoms with Crippen molar-refractivity contribution in [1.29, 1.82) is 0 Å². The van der Waals surface area contributed by atoms with E-state index in [4.69, 9.17) is 9.31 Å².